The monoisotopic (exact) mass is 697 g/mol. The summed E-state index contributed by atoms with van der Waals surface area (Å²) in [4.78, 5) is 29.2. The fraction of sp³-hybridized carbons (Fsp3) is 0.0645. The molecule has 0 saturated carbocycles. The van der Waals surface area contributed by atoms with Crippen molar-refractivity contribution in [1.29, 1.82) is 0 Å². The number of esters is 1. The Morgan fingerprint density at radius 1 is 0.951 bits per heavy atom. The Morgan fingerprint density at radius 3 is 2.46 bits per heavy atom. The molecule has 7 nitrogen and oxygen atoms in total. The van der Waals surface area contributed by atoms with Gasteiger partial charge in [-0.3, -0.25) is 4.79 Å². The van der Waals surface area contributed by atoms with E-state index >= 15 is 0 Å². The van der Waals surface area contributed by atoms with E-state index in [9.17, 15) is 9.59 Å². The van der Waals surface area contributed by atoms with Gasteiger partial charge in [0.05, 0.1) is 23.4 Å². The van der Waals surface area contributed by atoms with Crippen LogP contribution in [0.25, 0.3) is 22.0 Å². The molecule has 2 N–H and O–H groups in total. The number of aromatic amines is 1. The Kier molecular flexibility index (Phi) is 8.92. The highest BCUT2D eigenvalue weighted by Gasteiger charge is 2.21. The van der Waals surface area contributed by atoms with Gasteiger partial charge in [-0.1, -0.05) is 53.5 Å². The van der Waals surface area contributed by atoms with Crippen LogP contribution >= 0.6 is 45.8 Å². The molecule has 1 heterocycles. The van der Waals surface area contributed by atoms with Crippen LogP contribution in [0.4, 0.5) is 0 Å². The van der Waals surface area contributed by atoms with Crippen molar-refractivity contribution < 1.29 is 19.1 Å². The van der Waals surface area contributed by atoms with E-state index in [0.717, 1.165) is 20.0 Å². The summed E-state index contributed by atoms with van der Waals surface area (Å²) in [5.74, 6) is -0.463. The number of ether oxygens (including phenoxy) is 2. The molecular weight excluding hydrogens is 676 g/mol. The predicted octanol–water partition coefficient (Wildman–Crippen LogP) is 8.13. The molecule has 0 atom stereocenters. The molecule has 0 aliphatic rings. The van der Waals surface area contributed by atoms with E-state index in [0.29, 0.717) is 34.2 Å². The summed E-state index contributed by atoms with van der Waals surface area (Å²) in [6, 6.07) is 24.8. The predicted molar refractivity (Wildman–Crippen MR) is 171 cm³/mol. The maximum atomic E-state index is 13.3. The van der Waals surface area contributed by atoms with E-state index in [1.807, 2.05) is 43.3 Å². The summed E-state index contributed by atoms with van der Waals surface area (Å²) >= 11 is 14.9. The number of fused-ring (bicyclic) bond motifs is 1. The summed E-state index contributed by atoms with van der Waals surface area (Å²) in [6.45, 7) is 2.16. The molecule has 41 heavy (non-hydrogen) atoms. The fourth-order valence-corrected chi connectivity index (χ4v) is 5.17. The molecule has 0 spiro atoms. The number of hydrogen-bond acceptors (Lipinski definition) is 5. The van der Waals surface area contributed by atoms with Gasteiger partial charge in [0.25, 0.3) is 5.91 Å². The van der Waals surface area contributed by atoms with Crippen LogP contribution in [0.15, 0.2) is 90.0 Å². The zero-order valence-corrected chi connectivity index (χ0v) is 25.3. The number of carbonyl (C=O) groups excluding carboxylic acids is 2. The lowest BCUT2D eigenvalue weighted by Crippen LogP contribution is -2.19. The molecular formula is C31H22Cl2IN3O4. The molecule has 0 unspecified atom stereocenters. The van der Waals surface area contributed by atoms with Gasteiger partial charge in [-0.05, 0) is 89.7 Å². The first-order valence-electron chi connectivity index (χ1n) is 12.5. The third-order valence-electron chi connectivity index (χ3n) is 6.07. The molecule has 0 radical (unpaired) electrons. The van der Waals surface area contributed by atoms with Gasteiger partial charge in [-0.25, -0.2) is 10.2 Å². The number of carbonyl (C=O) groups is 2. The van der Waals surface area contributed by atoms with E-state index in [4.69, 9.17) is 32.7 Å². The van der Waals surface area contributed by atoms with Crippen LogP contribution in [0, 0.1) is 3.57 Å². The van der Waals surface area contributed by atoms with Crippen molar-refractivity contribution in [3.8, 4) is 22.6 Å². The van der Waals surface area contributed by atoms with Crippen molar-refractivity contribution in [1.82, 2.24) is 10.4 Å². The lowest BCUT2D eigenvalue weighted by atomic mass is 10.0. The number of benzene rings is 4. The SMILES string of the molecule is CCOc1cc(C=NNC(=O)c2[nH]c3ccc(I)cc3c2-c2ccccc2Cl)ccc1OC(=O)c1ccccc1Cl. The van der Waals surface area contributed by atoms with Gasteiger partial charge in [0.2, 0.25) is 0 Å². The number of amides is 1. The van der Waals surface area contributed by atoms with Crippen molar-refractivity contribution in [3.05, 3.63) is 115 Å². The Bertz CT molecular complexity index is 1800. The largest absolute Gasteiger partial charge is 0.490 e. The maximum absolute atomic E-state index is 13.3. The first-order chi connectivity index (χ1) is 19.9. The van der Waals surface area contributed by atoms with E-state index < -0.39 is 11.9 Å². The second-order valence-electron chi connectivity index (χ2n) is 8.75. The van der Waals surface area contributed by atoms with E-state index in [1.165, 1.54) is 6.21 Å². The van der Waals surface area contributed by atoms with Crippen molar-refractivity contribution in [2.75, 3.05) is 6.61 Å². The number of hydrazone groups is 1. The fourth-order valence-electron chi connectivity index (χ4n) is 4.24. The third kappa shape index (κ3) is 6.40. The molecule has 5 rings (SSSR count). The highest BCUT2D eigenvalue weighted by molar-refractivity contribution is 14.1. The third-order valence-corrected chi connectivity index (χ3v) is 7.40. The number of halogens is 3. The normalized spacial score (nSPS) is 11.1. The molecule has 0 saturated heterocycles. The molecule has 206 valence electrons. The number of hydrogen-bond donors (Lipinski definition) is 2. The highest BCUT2D eigenvalue weighted by Crippen LogP contribution is 2.37. The average Bonchev–Trinajstić information content (AvgIpc) is 3.33. The Balaban J connectivity index is 1.38. The van der Waals surface area contributed by atoms with Gasteiger partial charge in [-0.15, -0.1) is 0 Å². The van der Waals surface area contributed by atoms with Crippen LogP contribution in [-0.2, 0) is 0 Å². The van der Waals surface area contributed by atoms with Crippen LogP contribution in [0.2, 0.25) is 10.0 Å². The number of rotatable bonds is 8. The quantitative estimate of drug-likeness (QED) is 0.0563. The van der Waals surface area contributed by atoms with Gasteiger partial charge in [0.1, 0.15) is 5.69 Å². The molecule has 1 aromatic heterocycles. The Labute approximate surface area is 259 Å². The van der Waals surface area contributed by atoms with Gasteiger partial charge >= 0.3 is 5.97 Å². The molecule has 0 fully saturated rings. The number of H-pyrrole nitrogens is 1. The number of nitrogens with one attached hydrogen (secondary N) is 2. The van der Waals surface area contributed by atoms with Gasteiger partial charge < -0.3 is 14.5 Å². The van der Waals surface area contributed by atoms with Crippen molar-refractivity contribution >= 4 is 74.8 Å². The lowest BCUT2D eigenvalue weighted by molar-refractivity contribution is 0.0728. The summed E-state index contributed by atoms with van der Waals surface area (Å²) in [5, 5.41) is 5.85. The molecule has 0 aliphatic carbocycles. The average molecular weight is 698 g/mol. The van der Waals surface area contributed by atoms with Crippen LogP contribution in [0.3, 0.4) is 0 Å². The topological polar surface area (TPSA) is 92.8 Å². The smallest absolute Gasteiger partial charge is 0.345 e. The van der Waals surface area contributed by atoms with Gasteiger partial charge in [0, 0.05) is 30.6 Å². The summed E-state index contributed by atoms with van der Waals surface area (Å²) in [7, 11) is 0. The molecule has 1 amide bonds. The first-order valence-corrected chi connectivity index (χ1v) is 14.3. The van der Waals surface area contributed by atoms with Crippen LogP contribution in [0.1, 0.15) is 33.3 Å². The number of aromatic nitrogens is 1. The molecule has 0 aliphatic heterocycles. The van der Waals surface area contributed by atoms with Crippen molar-refractivity contribution in [2.24, 2.45) is 5.10 Å². The number of nitrogens with zero attached hydrogens (tertiary/aromatic N) is 1. The minimum absolute atomic E-state index is 0.232. The summed E-state index contributed by atoms with van der Waals surface area (Å²) in [5.41, 5.74) is 6.02. The first kappa shape index (κ1) is 28.7. The Hall–Kier alpha value is -3.86. The van der Waals surface area contributed by atoms with Gasteiger partial charge in [0.15, 0.2) is 11.5 Å². The van der Waals surface area contributed by atoms with E-state index in [2.05, 4.69) is 38.1 Å². The standard InChI is InChI=1S/C31H22Cl2IN3O4/c1-2-40-27-15-18(11-14-26(27)41-31(39)21-8-4-6-10-24(21)33)17-35-37-30(38)29-28(20-7-3-5-9-23(20)32)22-16-19(34)12-13-25(22)36-29/h3-17,36H,2H2,1H3,(H,37,38). The minimum atomic E-state index is -0.604. The molecule has 5 aromatic rings. The van der Waals surface area contributed by atoms with Crippen LogP contribution in [0.5, 0.6) is 11.5 Å². The maximum Gasteiger partial charge on any atom is 0.345 e. The van der Waals surface area contributed by atoms with Crippen molar-refractivity contribution in [2.45, 2.75) is 6.92 Å². The molecule has 4 aromatic carbocycles. The Morgan fingerprint density at radius 2 is 1.71 bits per heavy atom. The minimum Gasteiger partial charge on any atom is -0.490 e. The summed E-state index contributed by atoms with van der Waals surface area (Å²) < 4.78 is 12.3. The second-order valence-corrected chi connectivity index (χ2v) is 10.8. The van der Waals surface area contributed by atoms with Crippen molar-refractivity contribution in [3.63, 3.8) is 0 Å². The van der Waals surface area contributed by atoms with Crippen LogP contribution < -0.4 is 14.9 Å². The molecule has 0 bridgehead atoms. The van der Waals surface area contributed by atoms with E-state index in [1.54, 1.807) is 48.5 Å². The van der Waals surface area contributed by atoms with Crippen LogP contribution in [-0.4, -0.2) is 29.7 Å². The zero-order chi connectivity index (χ0) is 28.9. The van der Waals surface area contributed by atoms with Gasteiger partial charge in [-0.2, -0.15) is 5.10 Å². The highest BCUT2D eigenvalue weighted by atomic mass is 127. The molecule has 10 heteroatoms. The second kappa shape index (κ2) is 12.8. The summed E-state index contributed by atoms with van der Waals surface area (Å²) in [6.07, 6.45) is 1.47. The zero-order valence-electron chi connectivity index (χ0n) is 21.6. The lowest BCUT2D eigenvalue weighted by Gasteiger charge is -2.12. The van der Waals surface area contributed by atoms with E-state index in [-0.39, 0.29) is 16.3 Å².